The lowest BCUT2D eigenvalue weighted by molar-refractivity contribution is -0.124. The number of ether oxygens (including phenoxy) is 2. The van der Waals surface area contributed by atoms with Gasteiger partial charge < -0.3 is 20.1 Å². The number of carbonyl (C=O) groups is 2. The maximum atomic E-state index is 13.8. The molecule has 0 aliphatic heterocycles. The number of methoxy groups -OCH3 is 1. The maximum absolute atomic E-state index is 13.8. The summed E-state index contributed by atoms with van der Waals surface area (Å²) in [4.78, 5) is 24.0. The van der Waals surface area contributed by atoms with E-state index in [-0.39, 0.29) is 23.7 Å². The van der Waals surface area contributed by atoms with Crippen molar-refractivity contribution in [1.29, 1.82) is 0 Å². The van der Waals surface area contributed by atoms with Crippen molar-refractivity contribution in [3.8, 4) is 0 Å². The number of nitrogens with one attached hydrogen (secondary N) is 2. The summed E-state index contributed by atoms with van der Waals surface area (Å²) in [5.41, 5.74) is -0.452. The van der Waals surface area contributed by atoms with E-state index >= 15 is 0 Å². The summed E-state index contributed by atoms with van der Waals surface area (Å²) < 4.78 is 23.8. The van der Waals surface area contributed by atoms with Crippen LogP contribution in [0.15, 0.2) is 18.2 Å². The zero-order valence-corrected chi connectivity index (χ0v) is 14.9. The number of alkyl carbamates (subject to hydrolysis) is 1. The van der Waals surface area contributed by atoms with Crippen LogP contribution in [0.3, 0.4) is 0 Å². The van der Waals surface area contributed by atoms with E-state index < -0.39 is 29.5 Å². The molecule has 6 nitrogen and oxygen atoms in total. The van der Waals surface area contributed by atoms with Gasteiger partial charge in [0.2, 0.25) is 5.91 Å². The molecule has 8 heteroatoms. The van der Waals surface area contributed by atoms with Crippen LogP contribution < -0.4 is 10.6 Å². The molecule has 0 aliphatic rings. The highest BCUT2D eigenvalue weighted by Crippen LogP contribution is 2.17. The third-order valence-electron chi connectivity index (χ3n) is 2.83. The van der Waals surface area contributed by atoms with Crippen molar-refractivity contribution >= 4 is 23.6 Å². The topological polar surface area (TPSA) is 76.7 Å². The van der Waals surface area contributed by atoms with Crippen LogP contribution in [-0.4, -0.2) is 37.4 Å². The molecule has 1 rings (SSSR count). The Balaban J connectivity index is 2.66. The second-order valence-electron chi connectivity index (χ2n) is 6.08. The van der Waals surface area contributed by atoms with Crippen LogP contribution in [0.2, 0.25) is 5.02 Å². The number of benzene rings is 1. The molecule has 24 heavy (non-hydrogen) atoms. The molecule has 0 heterocycles. The average Bonchev–Trinajstić information content (AvgIpc) is 2.46. The predicted molar refractivity (Wildman–Crippen MR) is 88.3 cm³/mol. The highest BCUT2D eigenvalue weighted by atomic mass is 35.5. The molecule has 1 aromatic rings. The van der Waals surface area contributed by atoms with Gasteiger partial charge in [-0.2, -0.15) is 0 Å². The summed E-state index contributed by atoms with van der Waals surface area (Å²) in [5, 5.41) is 4.92. The fraction of sp³-hybridized carbons (Fsp3) is 0.500. The van der Waals surface area contributed by atoms with Crippen LogP contribution in [0.5, 0.6) is 0 Å². The first-order valence-electron chi connectivity index (χ1n) is 7.33. The van der Waals surface area contributed by atoms with Gasteiger partial charge in [-0.05, 0) is 26.8 Å². The minimum absolute atomic E-state index is 0.0259. The molecule has 2 amide bonds. The van der Waals surface area contributed by atoms with Crippen LogP contribution in [-0.2, 0) is 20.8 Å². The molecule has 0 saturated carbocycles. The maximum Gasteiger partial charge on any atom is 0.408 e. The second kappa shape index (κ2) is 8.84. The Hall–Kier alpha value is -1.86. The fourth-order valence-corrected chi connectivity index (χ4v) is 1.98. The van der Waals surface area contributed by atoms with Gasteiger partial charge in [-0.25, -0.2) is 9.18 Å². The first-order chi connectivity index (χ1) is 11.1. The quantitative estimate of drug-likeness (QED) is 0.817. The highest BCUT2D eigenvalue weighted by molar-refractivity contribution is 6.30. The third-order valence-corrected chi connectivity index (χ3v) is 3.12. The average molecular weight is 361 g/mol. The normalized spacial score (nSPS) is 12.4. The molecule has 0 radical (unpaired) electrons. The van der Waals surface area contributed by atoms with Crippen molar-refractivity contribution in [2.45, 2.75) is 39.0 Å². The Bertz CT molecular complexity index is 590. The van der Waals surface area contributed by atoms with Gasteiger partial charge in [-0.15, -0.1) is 0 Å². The molecular formula is C16H22ClFN2O4. The van der Waals surface area contributed by atoms with Gasteiger partial charge in [0.05, 0.1) is 11.6 Å². The van der Waals surface area contributed by atoms with Gasteiger partial charge in [-0.3, -0.25) is 4.79 Å². The number of carbonyl (C=O) groups excluding carboxylic acids is 2. The molecule has 1 aromatic carbocycles. The van der Waals surface area contributed by atoms with Crippen molar-refractivity contribution in [3.05, 3.63) is 34.6 Å². The van der Waals surface area contributed by atoms with Crippen LogP contribution in [0.25, 0.3) is 0 Å². The number of hydrogen-bond acceptors (Lipinski definition) is 4. The Kier molecular flexibility index (Phi) is 7.44. The Morgan fingerprint density at radius 1 is 1.33 bits per heavy atom. The number of amides is 2. The van der Waals surface area contributed by atoms with Gasteiger partial charge >= 0.3 is 6.09 Å². The molecule has 0 bridgehead atoms. The van der Waals surface area contributed by atoms with Gasteiger partial charge in [0.15, 0.2) is 0 Å². The summed E-state index contributed by atoms with van der Waals surface area (Å²) in [7, 11) is 1.40. The van der Waals surface area contributed by atoms with Crippen molar-refractivity contribution < 1.29 is 23.5 Å². The largest absolute Gasteiger partial charge is 0.444 e. The predicted octanol–water partition coefficient (Wildman–Crippen LogP) is 2.64. The Morgan fingerprint density at radius 3 is 2.58 bits per heavy atom. The standard InChI is InChI=1S/C16H22ClFN2O4/c1-16(2,3)24-15(22)20-12(9-23-4)14(21)19-8-10-6-5-7-11(17)13(10)18/h5-7,12H,8-9H2,1-4H3,(H,19,21)(H,20,22)/t12-/m1/s1. The summed E-state index contributed by atoms with van der Waals surface area (Å²) >= 11 is 5.69. The molecule has 2 N–H and O–H groups in total. The molecule has 0 aliphatic carbocycles. The van der Waals surface area contributed by atoms with Crippen LogP contribution >= 0.6 is 11.6 Å². The lowest BCUT2D eigenvalue weighted by Gasteiger charge is -2.23. The smallest absolute Gasteiger partial charge is 0.408 e. The Labute approximate surface area is 145 Å². The fourth-order valence-electron chi connectivity index (χ4n) is 1.79. The first-order valence-corrected chi connectivity index (χ1v) is 7.71. The minimum atomic E-state index is -0.966. The molecule has 0 spiro atoms. The number of halogens is 2. The monoisotopic (exact) mass is 360 g/mol. The lowest BCUT2D eigenvalue weighted by atomic mass is 10.2. The van der Waals surface area contributed by atoms with E-state index in [4.69, 9.17) is 21.1 Å². The second-order valence-corrected chi connectivity index (χ2v) is 6.49. The van der Waals surface area contributed by atoms with Gasteiger partial charge in [-0.1, -0.05) is 23.7 Å². The van der Waals surface area contributed by atoms with Crippen molar-refractivity contribution in [2.75, 3.05) is 13.7 Å². The minimum Gasteiger partial charge on any atom is -0.444 e. The zero-order valence-electron chi connectivity index (χ0n) is 14.1. The van der Waals surface area contributed by atoms with Crippen molar-refractivity contribution in [3.63, 3.8) is 0 Å². The molecule has 134 valence electrons. The van der Waals surface area contributed by atoms with E-state index in [9.17, 15) is 14.0 Å². The van der Waals surface area contributed by atoms with Crippen LogP contribution in [0, 0.1) is 5.82 Å². The van der Waals surface area contributed by atoms with Crippen LogP contribution in [0.4, 0.5) is 9.18 Å². The van der Waals surface area contributed by atoms with E-state index in [2.05, 4.69) is 10.6 Å². The lowest BCUT2D eigenvalue weighted by Crippen LogP contribution is -2.50. The van der Waals surface area contributed by atoms with Crippen molar-refractivity contribution in [1.82, 2.24) is 10.6 Å². The van der Waals surface area contributed by atoms with E-state index in [1.807, 2.05) is 0 Å². The third kappa shape index (κ3) is 6.72. The number of hydrogen-bond donors (Lipinski definition) is 2. The molecular weight excluding hydrogens is 339 g/mol. The molecule has 0 fully saturated rings. The van der Waals surface area contributed by atoms with Crippen LogP contribution in [0.1, 0.15) is 26.3 Å². The first kappa shape index (κ1) is 20.2. The van der Waals surface area contributed by atoms with E-state index in [0.29, 0.717) is 0 Å². The number of rotatable bonds is 6. The summed E-state index contributed by atoms with van der Waals surface area (Å²) in [6, 6.07) is 3.54. The van der Waals surface area contributed by atoms with Gasteiger partial charge in [0.1, 0.15) is 17.5 Å². The summed E-state index contributed by atoms with van der Waals surface area (Å²) in [5.74, 6) is -1.12. The highest BCUT2D eigenvalue weighted by Gasteiger charge is 2.24. The molecule has 0 saturated heterocycles. The van der Waals surface area contributed by atoms with E-state index in [1.165, 1.54) is 19.2 Å². The molecule has 1 atom stereocenters. The zero-order chi connectivity index (χ0) is 18.3. The van der Waals surface area contributed by atoms with Gasteiger partial charge in [0, 0.05) is 19.2 Å². The van der Waals surface area contributed by atoms with E-state index in [1.54, 1.807) is 26.8 Å². The van der Waals surface area contributed by atoms with Crippen molar-refractivity contribution in [2.24, 2.45) is 0 Å². The SMILES string of the molecule is COC[C@@H](NC(=O)OC(C)(C)C)C(=O)NCc1cccc(Cl)c1F. The van der Waals surface area contributed by atoms with E-state index in [0.717, 1.165) is 0 Å². The Morgan fingerprint density at radius 2 is 2.00 bits per heavy atom. The van der Waals surface area contributed by atoms with Gasteiger partial charge in [0.25, 0.3) is 0 Å². The summed E-state index contributed by atoms with van der Waals surface area (Å²) in [6.07, 6.45) is -0.742. The summed E-state index contributed by atoms with van der Waals surface area (Å²) in [6.45, 7) is 5.00. The molecule has 0 unspecified atom stereocenters. The molecule has 0 aromatic heterocycles.